The molecule has 224 valence electrons. The van der Waals surface area contributed by atoms with Crippen LogP contribution in [0.1, 0.15) is 37.3 Å². The molecule has 0 amide bonds. The van der Waals surface area contributed by atoms with Gasteiger partial charge in [0.1, 0.15) is 0 Å². The highest BCUT2D eigenvalue weighted by atomic mass is 15.0. The number of nitrogens with zero attached hydrogens (tertiary/aromatic N) is 2. The van der Waals surface area contributed by atoms with Crippen LogP contribution in [0.3, 0.4) is 0 Å². The fourth-order valence-corrected chi connectivity index (χ4v) is 7.73. The van der Waals surface area contributed by atoms with Gasteiger partial charge in [-0.15, -0.1) is 6.58 Å². The number of aromatic nitrogens is 2. The molecule has 0 spiro atoms. The monoisotopic (exact) mass is 594 g/mol. The van der Waals surface area contributed by atoms with Gasteiger partial charge in [0.15, 0.2) is 0 Å². The molecule has 2 aromatic heterocycles. The van der Waals surface area contributed by atoms with E-state index in [2.05, 4.69) is 174 Å². The molecule has 0 radical (unpaired) electrons. The lowest BCUT2D eigenvalue weighted by Gasteiger charge is -2.33. The molecule has 6 aromatic carbocycles. The number of hydrogen-bond acceptors (Lipinski definition) is 0. The van der Waals surface area contributed by atoms with Gasteiger partial charge in [-0.3, -0.25) is 0 Å². The number of allylic oxidation sites excluding steroid dienone is 1. The highest BCUT2D eigenvalue weighted by Crippen LogP contribution is 2.39. The van der Waals surface area contributed by atoms with Crippen LogP contribution in [0.25, 0.3) is 55.0 Å². The summed E-state index contributed by atoms with van der Waals surface area (Å²) in [7, 11) is 0. The van der Waals surface area contributed by atoms with Gasteiger partial charge in [0.25, 0.3) is 0 Å². The van der Waals surface area contributed by atoms with Gasteiger partial charge >= 0.3 is 0 Å². The summed E-state index contributed by atoms with van der Waals surface area (Å²) in [5.74, 6) is 0. The molecule has 8 rings (SSSR count). The van der Waals surface area contributed by atoms with Crippen LogP contribution >= 0.6 is 0 Å². The summed E-state index contributed by atoms with van der Waals surface area (Å²) in [6.07, 6.45) is 6.21. The number of aryl methyl sites for hydroxylation is 1. The summed E-state index contributed by atoms with van der Waals surface area (Å²) < 4.78 is 4.79. The zero-order chi connectivity index (χ0) is 31.1. The van der Waals surface area contributed by atoms with Crippen LogP contribution in [0.5, 0.6) is 0 Å². The molecule has 8 aromatic rings. The third-order valence-corrected chi connectivity index (χ3v) is 10.2. The van der Waals surface area contributed by atoms with Crippen LogP contribution in [0, 0.1) is 0 Å². The standard InChI is InChI=1S/C44H38N2/c1-3-30-44(4-2,33-23-27-35(28-24-33)46-42-19-11-7-15-38(42)39-16-8-12-20-43(39)46)31-29-32-21-25-34(26-22-32)45-40-17-9-5-13-36(40)37-14-6-10-18-41(37)45/h3,5-28H,1,4,29-31H2,2H3. The van der Waals surface area contributed by atoms with Crippen molar-refractivity contribution in [3.63, 3.8) is 0 Å². The van der Waals surface area contributed by atoms with Gasteiger partial charge in [-0.05, 0) is 90.8 Å². The van der Waals surface area contributed by atoms with Crippen molar-refractivity contribution in [1.82, 2.24) is 9.13 Å². The van der Waals surface area contributed by atoms with E-state index in [0.29, 0.717) is 0 Å². The summed E-state index contributed by atoms with van der Waals surface area (Å²) >= 11 is 0. The van der Waals surface area contributed by atoms with E-state index in [1.54, 1.807) is 0 Å². The smallest absolute Gasteiger partial charge is 0.0541 e. The lowest BCUT2D eigenvalue weighted by molar-refractivity contribution is 0.383. The van der Waals surface area contributed by atoms with Crippen LogP contribution in [-0.4, -0.2) is 9.13 Å². The highest BCUT2D eigenvalue weighted by molar-refractivity contribution is 6.10. The predicted octanol–water partition coefficient (Wildman–Crippen LogP) is 11.7. The molecule has 0 aliphatic carbocycles. The minimum absolute atomic E-state index is 0.0343. The molecule has 1 unspecified atom stereocenters. The molecule has 0 aliphatic heterocycles. The number of para-hydroxylation sites is 4. The summed E-state index contributed by atoms with van der Waals surface area (Å²) in [5.41, 5.74) is 10.2. The van der Waals surface area contributed by atoms with E-state index in [9.17, 15) is 0 Å². The fourth-order valence-electron chi connectivity index (χ4n) is 7.73. The SMILES string of the molecule is C=CCC(CC)(CCc1ccc(-n2c3ccccc3c3ccccc32)cc1)c1ccc(-n2c3ccccc3c3ccccc32)cc1. The van der Waals surface area contributed by atoms with Crippen LogP contribution < -0.4 is 0 Å². The van der Waals surface area contributed by atoms with Crippen molar-refractivity contribution >= 4 is 43.6 Å². The Morgan fingerprint density at radius 3 is 1.30 bits per heavy atom. The Balaban J connectivity index is 1.09. The Kier molecular flexibility index (Phi) is 7.07. The molecular formula is C44H38N2. The van der Waals surface area contributed by atoms with E-state index in [-0.39, 0.29) is 5.41 Å². The third-order valence-electron chi connectivity index (χ3n) is 10.2. The lowest BCUT2D eigenvalue weighted by Crippen LogP contribution is -2.25. The van der Waals surface area contributed by atoms with Crippen molar-refractivity contribution in [3.05, 3.63) is 169 Å². The summed E-state index contributed by atoms with van der Waals surface area (Å²) in [6.45, 7) is 6.51. The van der Waals surface area contributed by atoms with Gasteiger partial charge in [-0.25, -0.2) is 0 Å². The Bertz CT molecular complexity index is 2230. The summed E-state index contributed by atoms with van der Waals surface area (Å²) in [4.78, 5) is 0. The van der Waals surface area contributed by atoms with Crippen LogP contribution in [0.4, 0.5) is 0 Å². The molecule has 0 fully saturated rings. The van der Waals surface area contributed by atoms with Crippen LogP contribution in [-0.2, 0) is 11.8 Å². The van der Waals surface area contributed by atoms with Crippen molar-refractivity contribution in [3.8, 4) is 11.4 Å². The minimum Gasteiger partial charge on any atom is -0.309 e. The second kappa shape index (κ2) is 11.5. The van der Waals surface area contributed by atoms with E-state index < -0.39 is 0 Å². The van der Waals surface area contributed by atoms with E-state index in [1.165, 1.54) is 66.1 Å². The maximum Gasteiger partial charge on any atom is 0.0541 e. The van der Waals surface area contributed by atoms with Crippen LogP contribution in [0.15, 0.2) is 158 Å². The topological polar surface area (TPSA) is 9.86 Å². The van der Waals surface area contributed by atoms with Crippen molar-refractivity contribution in [2.45, 2.75) is 38.0 Å². The van der Waals surface area contributed by atoms with Crippen molar-refractivity contribution < 1.29 is 0 Å². The van der Waals surface area contributed by atoms with Crippen molar-refractivity contribution in [2.75, 3.05) is 0 Å². The Morgan fingerprint density at radius 2 is 0.913 bits per heavy atom. The first-order valence-electron chi connectivity index (χ1n) is 16.5. The Hall–Kier alpha value is -5.34. The lowest BCUT2D eigenvalue weighted by atomic mass is 9.71. The van der Waals surface area contributed by atoms with Gasteiger partial charge in [0, 0.05) is 32.9 Å². The van der Waals surface area contributed by atoms with E-state index >= 15 is 0 Å². The number of fused-ring (bicyclic) bond motifs is 6. The quantitative estimate of drug-likeness (QED) is 0.147. The largest absolute Gasteiger partial charge is 0.309 e. The molecule has 2 heterocycles. The zero-order valence-corrected chi connectivity index (χ0v) is 26.4. The maximum atomic E-state index is 4.18. The molecular weight excluding hydrogens is 556 g/mol. The zero-order valence-electron chi connectivity index (χ0n) is 26.4. The second-order valence-electron chi connectivity index (χ2n) is 12.6. The van der Waals surface area contributed by atoms with E-state index in [0.717, 1.165) is 25.7 Å². The van der Waals surface area contributed by atoms with Crippen molar-refractivity contribution in [1.29, 1.82) is 0 Å². The van der Waals surface area contributed by atoms with Gasteiger partial charge in [0.2, 0.25) is 0 Å². The summed E-state index contributed by atoms with van der Waals surface area (Å²) in [6, 6.07) is 53.4. The first kappa shape index (κ1) is 28.2. The molecule has 1 atom stereocenters. The third kappa shape index (κ3) is 4.56. The molecule has 46 heavy (non-hydrogen) atoms. The van der Waals surface area contributed by atoms with Gasteiger partial charge in [-0.1, -0.05) is 110 Å². The molecule has 0 saturated heterocycles. The van der Waals surface area contributed by atoms with Gasteiger partial charge < -0.3 is 9.13 Å². The first-order valence-corrected chi connectivity index (χ1v) is 16.5. The second-order valence-corrected chi connectivity index (χ2v) is 12.6. The molecule has 0 saturated carbocycles. The van der Waals surface area contributed by atoms with Crippen molar-refractivity contribution in [2.24, 2.45) is 0 Å². The fraction of sp³-hybridized carbons (Fsp3) is 0.136. The summed E-state index contributed by atoms with van der Waals surface area (Å²) in [5, 5.41) is 5.17. The number of hydrogen-bond donors (Lipinski definition) is 0. The predicted molar refractivity (Wildman–Crippen MR) is 197 cm³/mol. The average molecular weight is 595 g/mol. The average Bonchev–Trinajstić information content (AvgIpc) is 3.64. The normalized spacial score (nSPS) is 13.1. The van der Waals surface area contributed by atoms with E-state index in [4.69, 9.17) is 0 Å². The minimum atomic E-state index is 0.0343. The number of benzene rings is 6. The van der Waals surface area contributed by atoms with Gasteiger partial charge in [-0.2, -0.15) is 0 Å². The van der Waals surface area contributed by atoms with Crippen LogP contribution in [0.2, 0.25) is 0 Å². The molecule has 0 N–H and O–H groups in total. The highest BCUT2D eigenvalue weighted by Gasteiger charge is 2.29. The maximum absolute atomic E-state index is 4.18. The molecule has 2 nitrogen and oxygen atoms in total. The molecule has 0 bridgehead atoms. The van der Waals surface area contributed by atoms with E-state index in [1.807, 2.05) is 0 Å². The van der Waals surface area contributed by atoms with Gasteiger partial charge in [0.05, 0.1) is 22.1 Å². The molecule has 0 aliphatic rings. The Morgan fingerprint density at radius 1 is 0.522 bits per heavy atom. The Labute approximate surface area is 270 Å². The first-order chi connectivity index (χ1) is 22.7. The molecule has 2 heteroatoms. The number of rotatable bonds is 9.